The van der Waals surface area contributed by atoms with E-state index in [1.807, 2.05) is 0 Å². The predicted octanol–water partition coefficient (Wildman–Crippen LogP) is 2.31. The molecule has 8 heteroatoms. The summed E-state index contributed by atoms with van der Waals surface area (Å²) in [7, 11) is -1.51. The molecule has 150 valence electrons. The van der Waals surface area contributed by atoms with Gasteiger partial charge in [0.15, 0.2) is 9.84 Å². The predicted molar refractivity (Wildman–Crippen MR) is 112 cm³/mol. The second-order valence-electron chi connectivity index (χ2n) is 6.96. The number of methoxy groups -OCH3 is 1. The van der Waals surface area contributed by atoms with Crippen molar-refractivity contribution in [2.75, 3.05) is 18.6 Å². The number of aliphatic imine (C=N–C) groups is 1. The highest BCUT2D eigenvalue weighted by atomic mass is 32.2. The summed E-state index contributed by atoms with van der Waals surface area (Å²) in [5.41, 5.74) is 0.501. The van der Waals surface area contributed by atoms with Crippen LogP contribution in [0.3, 0.4) is 0 Å². The molecule has 29 heavy (non-hydrogen) atoms. The van der Waals surface area contributed by atoms with Gasteiger partial charge in [0.1, 0.15) is 5.75 Å². The molecule has 1 fully saturated rings. The summed E-state index contributed by atoms with van der Waals surface area (Å²) < 4.78 is 29.7. The van der Waals surface area contributed by atoms with Crippen LogP contribution in [0.5, 0.6) is 11.6 Å². The highest BCUT2D eigenvalue weighted by Crippen LogP contribution is 2.27. The van der Waals surface area contributed by atoms with Gasteiger partial charge in [-0.25, -0.2) is 13.0 Å². The monoisotopic (exact) mass is 412 g/mol. The number of sulfone groups is 1. The SMILES string of the molecule is COc1ccc(-n2c(O)c(C=NC3CCS(=O)(=O)C3)c3ccccc3c2=O)cc1. The minimum Gasteiger partial charge on any atom is -0.497 e. The molecule has 0 saturated carbocycles. The van der Waals surface area contributed by atoms with E-state index in [2.05, 4.69) is 4.99 Å². The lowest BCUT2D eigenvalue weighted by Gasteiger charge is -2.14. The molecule has 0 aliphatic carbocycles. The van der Waals surface area contributed by atoms with E-state index in [1.54, 1.807) is 55.6 Å². The van der Waals surface area contributed by atoms with Crippen molar-refractivity contribution >= 4 is 26.8 Å². The van der Waals surface area contributed by atoms with Crippen LogP contribution >= 0.6 is 0 Å². The first-order valence-electron chi connectivity index (χ1n) is 9.14. The molecule has 1 unspecified atom stereocenters. The van der Waals surface area contributed by atoms with E-state index in [9.17, 15) is 18.3 Å². The molecule has 4 rings (SSSR count). The van der Waals surface area contributed by atoms with Gasteiger partial charge in [0.25, 0.3) is 5.56 Å². The third-order valence-electron chi connectivity index (χ3n) is 5.06. The third-order valence-corrected chi connectivity index (χ3v) is 6.81. The van der Waals surface area contributed by atoms with Gasteiger partial charge < -0.3 is 9.84 Å². The molecule has 0 radical (unpaired) electrons. The molecule has 0 amide bonds. The molecule has 1 aliphatic rings. The topological polar surface area (TPSA) is 98.0 Å². The number of fused-ring (bicyclic) bond motifs is 1. The van der Waals surface area contributed by atoms with Gasteiger partial charge in [-0.15, -0.1) is 0 Å². The Bertz CT molecular complexity index is 1260. The van der Waals surface area contributed by atoms with E-state index in [-0.39, 0.29) is 29.0 Å². The van der Waals surface area contributed by atoms with Gasteiger partial charge in [-0.2, -0.15) is 0 Å². The highest BCUT2D eigenvalue weighted by Gasteiger charge is 2.27. The highest BCUT2D eigenvalue weighted by molar-refractivity contribution is 7.91. The lowest BCUT2D eigenvalue weighted by atomic mass is 10.1. The fourth-order valence-electron chi connectivity index (χ4n) is 3.53. The largest absolute Gasteiger partial charge is 0.497 e. The summed E-state index contributed by atoms with van der Waals surface area (Å²) in [6, 6.07) is 13.4. The third kappa shape index (κ3) is 3.63. The maximum atomic E-state index is 13.0. The van der Waals surface area contributed by atoms with Crippen molar-refractivity contribution in [2.24, 2.45) is 4.99 Å². The van der Waals surface area contributed by atoms with E-state index < -0.39 is 9.84 Å². The van der Waals surface area contributed by atoms with E-state index >= 15 is 0 Å². The minimum atomic E-state index is -3.06. The van der Waals surface area contributed by atoms with Crippen LogP contribution in [0.1, 0.15) is 12.0 Å². The summed E-state index contributed by atoms with van der Waals surface area (Å²) >= 11 is 0. The van der Waals surface area contributed by atoms with Crippen molar-refractivity contribution in [2.45, 2.75) is 12.5 Å². The molecule has 1 saturated heterocycles. The van der Waals surface area contributed by atoms with Gasteiger partial charge in [0.2, 0.25) is 5.88 Å². The van der Waals surface area contributed by atoms with E-state index in [0.29, 0.717) is 34.2 Å². The number of nitrogens with zero attached hydrogens (tertiary/aromatic N) is 2. The molecule has 0 bridgehead atoms. The minimum absolute atomic E-state index is 0.000311. The normalized spacial score (nSPS) is 18.4. The summed E-state index contributed by atoms with van der Waals surface area (Å²) in [5.74, 6) is 0.503. The number of benzene rings is 2. The lowest BCUT2D eigenvalue weighted by Crippen LogP contribution is -2.20. The molecule has 3 aromatic rings. The number of hydrogen-bond donors (Lipinski definition) is 1. The van der Waals surface area contributed by atoms with Gasteiger partial charge in [-0.05, 0) is 36.8 Å². The average Bonchev–Trinajstić information content (AvgIpc) is 3.07. The molecule has 1 atom stereocenters. The second-order valence-corrected chi connectivity index (χ2v) is 9.19. The Hall–Kier alpha value is -3.13. The number of rotatable bonds is 4. The van der Waals surface area contributed by atoms with Gasteiger partial charge in [0, 0.05) is 17.0 Å². The Morgan fingerprint density at radius 2 is 1.83 bits per heavy atom. The van der Waals surface area contributed by atoms with Crippen molar-refractivity contribution in [3.8, 4) is 17.3 Å². The fourth-order valence-corrected chi connectivity index (χ4v) is 5.17. The van der Waals surface area contributed by atoms with Crippen LogP contribution in [0.4, 0.5) is 0 Å². The first-order chi connectivity index (χ1) is 13.9. The summed E-state index contributed by atoms with van der Waals surface area (Å²) in [6.45, 7) is 0. The van der Waals surface area contributed by atoms with E-state index in [0.717, 1.165) is 0 Å². The molecule has 1 aliphatic heterocycles. The Kier molecular flexibility index (Phi) is 4.87. The number of aromatic hydroxyl groups is 1. The molecule has 2 heterocycles. The number of pyridine rings is 1. The molecular formula is C21H20N2O5S. The summed E-state index contributed by atoms with van der Waals surface area (Å²) in [6.07, 6.45) is 1.93. The van der Waals surface area contributed by atoms with Crippen molar-refractivity contribution in [1.82, 2.24) is 4.57 Å². The molecule has 0 spiro atoms. The first-order valence-corrected chi connectivity index (χ1v) is 11.0. The molecule has 2 aromatic carbocycles. The summed E-state index contributed by atoms with van der Waals surface area (Å²) in [4.78, 5) is 17.4. The van der Waals surface area contributed by atoms with Crippen molar-refractivity contribution in [3.63, 3.8) is 0 Å². The van der Waals surface area contributed by atoms with Crippen molar-refractivity contribution in [1.29, 1.82) is 0 Å². The zero-order chi connectivity index (χ0) is 20.6. The Balaban J connectivity index is 1.88. The maximum absolute atomic E-state index is 13.0. The smallest absolute Gasteiger partial charge is 0.265 e. The van der Waals surface area contributed by atoms with Crippen LogP contribution in [0.25, 0.3) is 16.5 Å². The summed E-state index contributed by atoms with van der Waals surface area (Å²) in [5, 5.41) is 11.9. The Morgan fingerprint density at radius 3 is 2.45 bits per heavy atom. The van der Waals surface area contributed by atoms with E-state index in [1.165, 1.54) is 10.8 Å². The zero-order valence-electron chi connectivity index (χ0n) is 15.8. The van der Waals surface area contributed by atoms with Crippen LogP contribution in [0.2, 0.25) is 0 Å². The van der Waals surface area contributed by atoms with Crippen LogP contribution in [0.15, 0.2) is 58.3 Å². The first kappa shape index (κ1) is 19.2. The van der Waals surface area contributed by atoms with E-state index in [4.69, 9.17) is 4.74 Å². The quantitative estimate of drug-likeness (QED) is 0.663. The van der Waals surface area contributed by atoms with Crippen molar-refractivity contribution < 1.29 is 18.3 Å². The number of ether oxygens (including phenoxy) is 1. The van der Waals surface area contributed by atoms with Gasteiger partial charge in [0.05, 0.1) is 35.9 Å². The Labute approximate surface area is 167 Å². The number of aromatic nitrogens is 1. The molecule has 1 N–H and O–H groups in total. The van der Waals surface area contributed by atoms with Crippen LogP contribution < -0.4 is 10.3 Å². The number of hydrogen-bond acceptors (Lipinski definition) is 6. The van der Waals surface area contributed by atoms with Gasteiger partial charge in [-0.3, -0.25) is 9.79 Å². The molecular weight excluding hydrogens is 392 g/mol. The second kappa shape index (κ2) is 7.36. The van der Waals surface area contributed by atoms with Gasteiger partial charge >= 0.3 is 0 Å². The van der Waals surface area contributed by atoms with Crippen LogP contribution in [0, 0.1) is 0 Å². The van der Waals surface area contributed by atoms with Crippen LogP contribution in [-0.2, 0) is 9.84 Å². The Morgan fingerprint density at radius 1 is 1.14 bits per heavy atom. The van der Waals surface area contributed by atoms with Gasteiger partial charge in [-0.1, -0.05) is 18.2 Å². The van der Waals surface area contributed by atoms with Crippen LogP contribution in [-0.4, -0.2) is 49.0 Å². The molecule has 7 nitrogen and oxygen atoms in total. The standard InChI is InChI=1S/C21H20N2O5S/c1-28-16-8-6-15(7-9-16)23-20(24)18-5-3-2-4-17(18)19(21(23)25)12-22-14-10-11-29(26,27)13-14/h2-9,12,14,25H,10-11,13H2,1H3. The zero-order valence-corrected chi connectivity index (χ0v) is 16.6. The van der Waals surface area contributed by atoms with Crippen molar-refractivity contribution in [3.05, 3.63) is 64.4 Å². The lowest BCUT2D eigenvalue weighted by molar-refractivity contribution is 0.414. The maximum Gasteiger partial charge on any atom is 0.265 e. The fraction of sp³-hybridized carbons (Fsp3) is 0.238. The average molecular weight is 412 g/mol. The molecule has 1 aromatic heterocycles.